The number of benzene rings is 2. The van der Waals surface area contributed by atoms with Crippen LogP contribution in [0.15, 0.2) is 53.7 Å². The molecule has 0 spiro atoms. The van der Waals surface area contributed by atoms with Crippen LogP contribution in [0.5, 0.6) is 5.75 Å². The van der Waals surface area contributed by atoms with E-state index in [9.17, 15) is 4.79 Å². The van der Waals surface area contributed by atoms with E-state index in [0.717, 1.165) is 42.3 Å². The highest BCUT2D eigenvalue weighted by Crippen LogP contribution is 2.34. The predicted molar refractivity (Wildman–Crippen MR) is 135 cm³/mol. The van der Waals surface area contributed by atoms with Gasteiger partial charge in [-0.25, -0.2) is 0 Å². The van der Waals surface area contributed by atoms with Crippen LogP contribution in [0.4, 0.5) is 0 Å². The van der Waals surface area contributed by atoms with Crippen molar-refractivity contribution < 1.29 is 14.3 Å². The molecule has 0 saturated carbocycles. The molecule has 1 N–H and O–H groups in total. The van der Waals surface area contributed by atoms with E-state index >= 15 is 0 Å². The van der Waals surface area contributed by atoms with Crippen molar-refractivity contribution >= 4 is 17.7 Å². The second kappa shape index (κ2) is 11.1. The summed E-state index contributed by atoms with van der Waals surface area (Å²) in [4.78, 5) is 12.8. The molecule has 34 heavy (non-hydrogen) atoms. The van der Waals surface area contributed by atoms with Crippen LogP contribution in [-0.4, -0.2) is 52.3 Å². The first-order chi connectivity index (χ1) is 16.5. The lowest BCUT2D eigenvalue weighted by Gasteiger charge is -2.18. The van der Waals surface area contributed by atoms with Crippen molar-refractivity contribution in [3.8, 4) is 22.8 Å². The fraction of sp³-hybridized carbons (Fsp3) is 0.423. The zero-order valence-corrected chi connectivity index (χ0v) is 21.0. The summed E-state index contributed by atoms with van der Waals surface area (Å²) in [5.41, 5.74) is 3.13. The molecule has 1 aliphatic rings. The molecule has 4 rings (SSSR count). The van der Waals surface area contributed by atoms with Crippen LogP contribution in [0.3, 0.4) is 0 Å². The van der Waals surface area contributed by atoms with E-state index in [0.29, 0.717) is 17.6 Å². The van der Waals surface area contributed by atoms with Gasteiger partial charge in [-0.15, -0.1) is 10.2 Å². The van der Waals surface area contributed by atoms with Crippen molar-refractivity contribution in [2.75, 3.05) is 20.3 Å². The quantitative estimate of drug-likeness (QED) is 0.442. The fourth-order valence-electron chi connectivity index (χ4n) is 4.05. The van der Waals surface area contributed by atoms with E-state index in [-0.39, 0.29) is 17.3 Å². The molecule has 2 unspecified atom stereocenters. The number of carbonyl (C=O) groups excluding carboxylic acids is 1. The highest BCUT2D eigenvalue weighted by Gasteiger charge is 2.24. The Bertz CT molecular complexity index is 1110. The molecular formula is C26H32N4O3S. The Kier molecular flexibility index (Phi) is 7.90. The van der Waals surface area contributed by atoms with Gasteiger partial charge in [0.05, 0.1) is 24.2 Å². The number of thioether (sulfide) groups is 1. The second-order valence-corrected chi connectivity index (χ2v) is 10.0. The Morgan fingerprint density at radius 1 is 1.18 bits per heavy atom. The van der Waals surface area contributed by atoms with E-state index in [1.165, 1.54) is 17.3 Å². The van der Waals surface area contributed by atoms with Crippen molar-refractivity contribution in [1.82, 2.24) is 20.1 Å². The van der Waals surface area contributed by atoms with Crippen LogP contribution >= 0.6 is 11.8 Å². The molecule has 8 heteroatoms. The molecular weight excluding hydrogens is 448 g/mol. The number of aromatic nitrogens is 3. The smallest absolute Gasteiger partial charge is 0.233 e. The normalized spacial score (nSPS) is 16.6. The van der Waals surface area contributed by atoms with E-state index in [1.54, 1.807) is 7.11 Å². The number of rotatable bonds is 9. The minimum atomic E-state index is -0.334. The highest BCUT2D eigenvalue weighted by atomic mass is 32.2. The molecule has 0 bridgehead atoms. The van der Waals surface area contributed by atoms with Gasteiger partial charge in [0.1, 0.15) is 5.75 Å². The Morgan fingerprint density at radius 3 is 2.62 bits per heavy atom. The fourth-order valence-corrected chi connectivity index (χ4v) is 4.93. The largest absolute Gasteiger partial charge is 0.497 e. The Morgan fingerprint density at radius 2 is 1.94 bits per heavy atom. The molecule has 1 amide bonds. The number of nitrogens with zero attached hydrogens (tertiary/aromatic N) is 3. The summed E-state index contributed by atoms with van der Waals surface area (Å²) in [7, 11) is 1.65. The number of para-hydroxylation sites is 1. The molecule has 2 aromatic carbocycles. The average Bonchev–Trinajstić information content (AvgIpc) is 3.52. The number of methoxy groups -OCH3 is 1. The lowest BCUT2D eigenvalue weighted by Crippen LogP contribution is -2.36. The van der Waals surface area contributed by atoms with Gasteiger partial charge in [0.25, 0.3) is 0 Å². The molecule has 3 aromatic rings. The molecule has 1 aromatic heterocycles. The van der Waals surface area contributed by atoms with Crippen LogP contribution in [0, 0.1) is 0 Å². The van der Waals surface area contributed by atoms with Gasteiger partial charge in [-0.05, 0) is 61.6 Å². The zero-order valence-electron chi connectivity index (χ0n) is 20.2. The number of nitrogens with one attached hydrogen (secondary N) is 1. The molecule has 2 heterocycles. The summed E-state index contributed by atoms with van der Waals surface area (Å²) in [6.07, 6.45) is 2.16. The summed E-state index contributed by atoms with van der Waals surface area (Å²) in [5, 5.41) is 12.4. The molecule has 2 atom stereocenters. The average molecular weight is 481 g/mol. The van der Waals surface area contributed by atoms with Gasteiger partial charge in [0, 0.05) is 18.7 Å². The first kappa shape index (κ1) is 24.3. The van der Waals surface area contributed by atoms with Crippen LogP contribution in [0.25, 0.3) is 17.1 Å². The predicted octanol–water partition coefficient (Wildman–Crippen LogP) is 4.84. The molecule has 0 aliphatic carbocycles. The summed E-state index contributed by atoms with van der Waals surface area (Å²) in [6.45, 7) is 7.56. The number of carbonyl (C=O) groups is 1. The molecule has 1 saturated heterocycles. The van der Waals surface area contributed by atoms with Crippen molar-refractivity contribution in [2.45, 2.75) is 56.0 Å². The Labute approximate surface area is 205 Å². The van der Waals surface area contributed by atoms with Gasteiger partial charge in [-0.1, -0.05) is 43.8 Å². The third kappa shape index (κ3) is 5.45. The van der Waals surface area contributed by atoms with Crippen molar-refractivity contribution in [3.63, 3.8) is 0 Å². The summed E-state index contributed by atoms with van der Waals surface area (Å²) < 4.78 is 13.0. The van der Waals surface area contributed by atoms with Crippen LogP contribution in [-0.2, 0) is 9.53 Å². The van der Waals surface area contributed by atoms with Crippen LogP contribution < -0.4 is 10.1 Å². The Hall–Kier alpha value is -2.84. The lowest BCUT2D eigenvalue weighted by atomic mass is 10.0. The van der Waals surface area contributed by atoms with Crippen molar-refractivity contribution in [2.24, 2.45) is 0 Å². The Balaban J connectivity index is 1.65. The minimum Gasteiger partial charge on any atom is -0.497 e. The minimum absolute atomic E-state index is 0.0295. The number of hydrogen-bond acceptors (Lipinski definition) is 6. The molecule has 7 nitrogen and oxygen atoms in total. The van der Waals surface area contributed by atoms with E-state index in [4.69, 9.17) is 9.47 Å². The third-order valence-electron chi connectivity index (χ3n) is 5.96. The maximum absolute atomic E-state index is 12.8. The van der Waals surface area contributed by atoms with Gasteiger partial charge in [0.15, 0.2) is 11.0 Å². The molecule has 180 valence electrons. The number of ether oxygens (including phenoxy) is 2. The maximum atomic E-state index is 12.8. The van der Waals surface area contributed by atoms with Gasteiger partial charge in [0.2, 0.25) is 5.91 Å². The maximum Gasteiger partial charge on any atom is 0.233 e. The second-order valence-electron chi connectivity index (χ2n) is 8.72. The first-order valence-electron chi connectivity index (χ1n) is 11.7. The summed E-state index contributed by atoms with van der Waals surface area (Å²) in [6, 6.07) is 16.1. The summed E-state index contributed by atoms with van der Waals surface area (Å²) in [5.74, 6) is 1.79. The first-order valence-corrected chi connectivity index (χ1v) is 12.6. The lowest BCUT2D eigenvalue weighted by molar-refractivity contribution is -0.120. The SMILES string of the molecule is COc1ccc(-c2nnc(SC(C)C(=O)NCC3CCCO3)n2-c2ccccc2C(C)C)cc1. The van der Waals surface area contributed by atoms with Gasteiger partial charge < -0.3 is 14.8 Å². The standard InChI is InChI=1S/C26H32N4O3S/c1-17(2)22-9-5-6-10-23(22)30-24(19-11-13-20(32-4)14-12-19)28-29-26(30)34-18(3)25(31)27-16-21-8-7-15-33-21/h5-6,9-14,17-18,21H,7-8,15-16H2,1-4H3,(H,27,31). The molecule has 1 aliphatic heterocycles. The van der Waals surface area contributed by atoms with Crippen molar-refractivity contribution in [1.29, 1.82) is 0 Å². The zero-order chi connectivity index (χ0) is 24.1. The van der Waals surface area contributed by atoms with Crippen molar-refractivity contribution in [3.05, 3.63) is 54.1 Å². The van der Waals surface area contributed by atoms with E-state index < -0.39 is 0 Å². The van der Waals surface area contributed by atoms with Crippen LogP contribution in [0.2, 0.25) is 0 Å². The molecule has 0 radical (unpaired) electrons. The monoisotopic (exact) mass is 480 g/mol. The number of amides is 1. The summed E-state index contributed by atoms with van der Waals surface area (Å²) >= 11 is 1.41. The van der Waals surface area contributed by atoms with Crippen LogP contribution in [0.1, 0.15) is 45.1 Å². The van der Waals surface area contributed by atoms with E-state index in [2.05, 4.69) is 46.1 Å². The van der Waals surface area contributed by atoms with Gasteiger partial charge >= 0.3 is 0 Å². The van der Waals surface area contributed by atoms with Gasteiger partial charge in [-0.3, -0.25) is 9.36 Å². The molecule has 1 fully saturated rings. The van der Waals surface area contributed by atoms with E-state index in [1.807, 2.05) is 43.3 Å². The number of hydrogen-bond donors (Lipinski definition) is 1. The van der Waals surface area contributed by atoms with Gasteiger partial charge in [-0.2, -0.15) is 0 Å². The highest BCUT2D eigenvalue weighted by molar-refractivity contribution is 8.00. The third-order valence-corrected chi connectivity index (χ3v) is 7.00. The topological polar surface area (TPSA) is 78.3 Å².